The standard InChI is InChI=1S/C23H24N4O6.C16H23N3O4/c1-23(2,3)33-22(30)25-12-10-24(11-13-25)15-8-9-18(19(14-15)27(31)32)26-20(28)16-6-4-5-7-17(16)21(26)29;1-12-5-6-13(11-14(12)19(21)22)17-7-9-18(10-8-17)15(20)23-16(2,3)4/h4-9,14H,10-13H2,1-3H3;5-6,11H,7-10H2,1-4H3. The largest absolute Gasteiger partial charge is 0.444 e. The molecular formula is C39H47N7O10. The molecule has 3 aliphatic rings. The van der Waals surface area contributed by atoms with Gasteiger partial charge in [0.25, 0.3) is 23.2 Å². The minimum atomic E-state index is -0.598. The minimum absolute atomic E-state index is 0.0673. The molecule has 0 saturated carbocycles. The van der Waals surface area contributed by atoms with Gasteiger partial charge in [0, 0.05) is 81.4 Å². The Hall–Kier alpha value is -6.26. The Morgan fingerprint density at radius 1 is 0.607 bits per heavy atom. The van der Waals surface area contributed by atoms with E-state index in [0.717, 1.165) is 10.6 Å². The summed E-state index contributed by atoms with van der Waals surface area (Å²) in [6, 6.07) is 16.0. The zero-order valence-electron chi connectivity index (χ0n) is 32.6. The number of anilines is 3. The molecule has 0 radical (unpaired) electrons. The summed E-state index contributed by atoms with van der Waals surface area (Å²) in [5, 5.41) is 22.9. The number of nitrogens with zero attached hydrogens (tertiary/aromatic N) is 7. The zero-order chi connectivity index (χ0) is 41.1. The maximum atomic E-state index is 12.8. The van der Waals surface area contributed by atoms with Gasteiger partial charge in [0.05, 0.1) is 21.0 Å². The van der Waals surface area contributed by atoms with E-state index in [2.05, 4.69) is 0 Å². The number of hydrogen-bond acceptors (Lipinski definition) is 12. The molecule has 2 fully saturated rings. The Morgan fingerprint density at radius 2 is 1.00 bits per heavy atom. The number of ether oxygens (including phenoxy) is 2. The van der Waals surface area contributed by atoms with Crippen molar-refractivity contribution in [3.63, 3.8) is 0 Å². The Morgan fingerprint density at radius 3 is 1.39 bits per heavy atom. The van der Waals surface area contributed by atoms with Crippen LogP contribution in [0.2, 0.25) is 0 Å². The van der Waals surface area contributed by atoms with Crippen molar-refractivity contribution >= 4 is 52.4 Å². The summed E-state index contributed by atoms with van der Waals surface area (Å²) >= 11 is 0. The first-order valence-electron chi connectivity index (χ1n) is 18.2. The van der Waals surface area contributed by atoms with E-state index in [1.807, 2.05) is 36.6 Å². The fraction of sp³-hybridized carbons (Fsp3) is 0.436. The summed E-state index contributed by atoms with van der Waals surface area (Å²) in [7, 11) is 0. The quantitative estimate of drug-likeness (QED) is 0.158. The number of fused-ring (bicyclic) bond motifs is 1. The van der Waals surface area contributed by atoms with Crippen LogP contribution in [0.15, 0.2) is 60.7 Å². The summed E-state index contributed by atoms with van der Waals surface area (Å²) in [5.74, 6) is -1.17. The summed E-state index contributed by atoms with van der Waals surface area (Å²) in [4.78, 5) is 79.9. The number of imide groups is 1. The highest BCUT2D eigenvalue weighted by atomic mass is 16.6. The first kappa shape index (κ1) is 40.9. The monoisotopic (exact) mass is 773 g/mol. The van der Waals surface area contributed by atoms with E-state index in [9.17, 15) is 39.4 Å². The molecule has 0 aromatic heterocycles. The van der Waals surface area contributed by atoms with E-state index >= 15 is 0 Å². The topological polar surface area (TPSA) is 189 Å². The lowest BCUT2D eigenvalue weighted by Gasteiger charge is -2.36. The molecule has 0 N–H and O–H groups in total. The van der Waals surface area contributed by atoms with Crippen LogP contribution in [0.4, 0.5) is 38.0 Å². The Balaban J connectivity index is 0.000000229. The van der Waals surface area contributed by atoms with Crippen molar-refractivity contribution in [2.45, 2.75) is 59.7 Å². The molecule has 0 aliphatic carbocycles. The van der Waals surface area contributed by atoms with Gasteiger partial charge in [-0.25, -0.2) is 14.5 Å². The molecule has 3 aromatic carbocycles. The average molecular weight is 774 g/mol. The summed E-state index contributed by atoms with van der Waals surface area (Å²) in [6.45, 7) is 16.7. The summed E-state index contributed by atoms with van der Waals surface area (Å²) in [6.07, 6.45) is -0.707. The molecule has 3 heterocycles. The molecule has 56 heavy (non-hydrogen) atoms. The predicted molar refractivity (Wildman–Crippen MR) is 209 cm³/mol. The van der Waals surface area contributed by atoms with E-state index in [4.69, 9.17) is 9.47 Å². The predicted octanol–water partition coefficient (Wildman–Crippen LogP) is 6.41. The molecule has 3 aliphatic heterocycles. The number of aryl methyl sites for hydroxylation is 1. The Kier molecular flexibility index (Phi) is 11.9. The molecule has 17 nitrogen and oxygen atoms in total. The Labute approximate surface area is 324 Å². The van der Waals surface area contributed by atoms with Crippen molar-refractivity contribution in [2.75, 3.05) is 67.1 Å². The van der Waals surface area contributed by atoms with E-state index in [1.165, 1.54) is 24.3 Å². The van der Waals surface area contributed by atoms with Gasteiger partial charge in [0.2, 0.25) is 0 Å². The van der Waals surface area contributed by atoms with E-state index < -0.39 is 34.0 Å². The van der Waals surface area contributed by atoms with Crippen LogP contribution >= 0.6 is 0 Å². The third kappa shape index (κ3) is 9.51. The Bertz CT molecular complexity index is 1990. The fourth-order valence-electron chi connectivity index (χ4n) is 6.39. The number of nitro groups is 2. The molecule has 2 saturated heterocycles. The van der Waals surface area contributed by atoms with E-state index in [0.29, 0.717) is 63.6 Å². The highest BCUT2D eigenvalue weighted by Crippen LogP contribution is 2.37. The van der Waals surface area contributed by atoms with Crippen LogP contribution in [-0.2, 0) is 9.47 Å². The number of hydrogen-bond donors (Lipinski definition) is 0. The second kappa shape index (κ2) is 16.2. The van der Waals surface area contributed by atoms with Gasteiger partial charge in [-0.1, -0.05) is 18.2 Å². The zero-order valence-corrected chi connectivity index (χ0v) is 32.6. The van der Waals surface area contributed by atoms with E-state index in [1.54, 1.807) is 67.8 Å². The number of amides is 4. The van der Waals surface area contributed by atoms with Gasteiger partial charge in [-0.05, 0) is 78.8 Å². The van der Waals surface area contributed by atoms with Crippen LogP contribution in [-0.4, -0.2) is 107 Å². The normalized spacial score (nSPS) is 15.9. The van der Waals surface area contributed by atoms with Crippen LogP contribution in [0.3, 0.4) is 0 Å². The highest BCUT2D eigenvalue weighted by molar-refractivity contribution is 6.35. The van der Waals surface area contributed by atoms with Crippen LogP contribution in [0.1, 0.15) is 67.8 Å². The average Bonchev–Trinajstić information content (AvgIpc) is 3.39. The smallest absolute Gasteiger partial charge is 0.410 e. The summed E-state index contributed by atoms with van der Waals surface area (Å²) < 4.78 is 10.8. The lowest BCUT2D eigenvalue weighted by molar-refractivity contribution is -0.385. The van der Waals surface area contributed by atoms with Crippen molar-refractivity contribution < 1.29 is 38.5 Å². The van der Waals surface area contributed by atoms with Gasteiger partial charge in [-0.3, -0.25) is 29.8 Å². The highest BCUT2D eigenvalue weighted by Gasteiger charge is 2.40. The second-order valence-corrected chi connectivity index (χ2v) is 15.6. The third-order valence-corrected chi connectivity index (χ3v) is 9.17. The van der Waals surface area contributed by atoms with Gasteiger partial charge >= 0.3 is 12.2 Å². The van der Waals surface area contributed by atoms with Crippen LogP contribution < -0.4 is 14.7 Å². The number of rotatable bonds is 5. The molecule has 0 unspecified atom stereocenters. The molecular weight excluding hydrogens is 726 g/mol. The van der Waals surface area contributed by atoms with Gasteiger partial charge in [0.1, 0.15) is 16.9 Å². The molecule has 0 bridgehead atoms. The van der Waals surface area contributed by atoms with Crippen molar-refractivity contribution in [3.05, 3.63) is 97.6 Å². The lowest BCUT2D eigenvalue weighted by atomic mass is 10.1. The summed E-state index contributed by atoms with van der Waals surface area (Å²) in [5.41, 5.74) is 1.10. The molecule has 6 rings (SSSR count). The van der Waals surface area contributed by atoms with Gasteiger partial charge in [0.15, 0.2) is 0 Å². The SMILES string of the molecule is CC(C)(C)OC(=O)N1CCN(c2ccc(N3C(=O)c4ccccc4C3=O)c([N+](=O)[O-])c2)CC1.Cc1ccc(N2CCN(C(=O)OC(C)(C)C)CC2)cc1[N+](=O)[O-]. The van der Waals surface area contributed by atoms with Crippen LogP contribution in [0, 0.1) is 27.2 Å². The maximum Gasteiger partial charge on any atom is 0.410 e. The fourth-order valence-corrected chi connectivity index (χ4v) is 6.39. The number of carbonyl (C=O) groups excluding carboxylic acids is 4. The molecule has 0 spiro atoms. The number of benzene rings is 3. The van der Waals surface area contributed by atoms with Crippen molar-refractivity contribution in [1.82, 2.24) is 9.80 Å². The first-order valence-corrected chi connectivity index (χ1v) is 18.2. The third-order valence-electron chi connectivity index (χ3n) is 9.17. The van der Waals surface area contributed by atoms with Crippen LogP contribution in [0.5, 0.6) is 0 Å². The van der Waals surface area contributed by atoms with Crippen molar-refractivity contribution in [3.8, 4) is 0 Å². The molecule has 0 atom stereocenters. The van der Waals surface area contributed by atoms with Crippen molar-refractivity contribution in [1.29, 1.82) is 0 Å². The van der Waals surface area contributed by atoms with Gasteiger partial charge in [-0.2, -0.15) is 0 Å². The van der Waals surface area contributed by atoms with Crippen LogP contribution in [0.25, 0.3) is 0 Å². The molecule has 4 amide bonds. The first-order chi connectivity index (χ1) is 26.2. The van der Waals surface area contributed by atoms with Gasteiger partial charge in [-0.15, -0.1) is 0 Å². The second-order valence-electron chi connectivity index (χ2n) is 15.6. The number of nitro benzene ring substituents is 2. The molecule has 17 heteroatoms. The number of piperazine rings is 2. The van der Waals surface area contributed by atoms with Gasteiger partial charge < -0.3 is 29.1 Å². The van der Waals surface area contributed by atoms with E-state index in [-0.39, 0.29) is 39.2 Å². The molecule has 298 valence electrons. The molecule has 3 aromatic rings. The minimum Gasteiger partial charge on any atom is -0.444 e. The number of carbonyl (C=O) groups is 4. The van der Waals surface area contributed by atoms with Crippen molar-refractivity contribution in [2.24, 2.45) is 0 Å². The lowest BCUT2D eigenvalue weighted by Crippen LogP contribution is -2.50. The maximum absolute atomic E-state index is 12.8.